The molecule has 0 bridgehead atoms. The second-order valence-electron chi connectivity index (χ2n) is 5.50. The van der Waals surface area contributed by atoms with Gasteiger partial charge in [0.15, 0.2) is 0 Å². The van der Waals surface area contributed by atoms with E-state index in [1.165, 1.54) is 0 Å². The number of aliphatic hydroxyl groups excluding tert-OH is 2. The number of unbranched alkanes of at least 4 members (excludes halogenated alkanes) is 2. The van der Waals surface area contributed by atoms with Gasteiger partial charge in [0.2, 0.25) is 0 Å². The maximum Gasteiger partial charge on any atom is 0.335 e. The number of benzene rings is 2. The van der Waals surface area contributed by atoms with Crippen LogP contribution in [0.3, 0.4) is 0 Å². The molecule has 0 radical (unpaired) electrons. The van der Waals surface area contributed by atoms with Gasteiger partial charge in [-0.2, -0.15) is 0 Å². The zero-order valence-electron chi connectivity index (χ0n) is 17.1. The smallest absolute Gasteiger partial charge is 0.335 e. The Kier molecular flexibility index (Phi) is 26.3. The summed E-state index contributed by atoms with van der Waals surface area (Å²) in [5.41, 5.74) is 0.662. The number of carbonyl (C=O) groups is 2. The van der Waals surface area contributed by atoms with Gasteiger partial charge in [-0.1, -0.05) is 63.1 Å². The van der Waals surface area contributed by atoms with E-state index in [2.05, 4.69) is 13.8 Å². The van der Waals surface area contributed by atoms with Crippen LogP contribution in [0.5, 0.6) is 0 Å². The van der Waals surface area contributed by atoms with Crippen molar-refractivity contribution in [3.05, 3.63) is 71.8 Å². The minimum absolute atomic E-state index is 0. The van der Waals surface area contributed by atoms with E-state index in [-0.39, 0.29) is 21.7 Å². The van der Waals surface area contributed by atoms with Crippen LogP contribution in [-0.4, -0.2) is 45.6 Å². The van der Waals surface area contributed by atoms with E-state index in [9.17, 15) is 9.59 Å². The van der Waals surface area contributed by atoms with Gasteiger partial charge in [0.25, 0.3) is 0 Å². The number of hydrogen-bond donors (Lipinski definition) is 4. The summed E-state index contributed by atoms with van der Waals surface area (Å²) >= 11 is 0. The van der Waals surface area contributed by atoms with Crippen molar-refractivity contribution in [3.8, 4) is 0 Å². The average molecular weight is 440 g/mol. The summed E-state index contributed by atoms with van der Waals surface area (Å²) in [6.45, 7) is 4.79. The number of aromatic carboxylic acids is 2. The Bertz CT molecular complexity index is 546. The molecule has 2 aromatic carbocycles. The van der Waals surface area contributed by atoms with Crippen LogP contribution in [0.1, 0.15) is 60.2 Å². The van der Waals surface area contributed by atoms with Crippen molar-refractivity contribution in [1.29, 1.82) is 0 Å². The molecule has 0 aromatic heterocycles. The third-order valence-electron chi connectivity index (χ3n) is 3.06. The van der Waals surface area contributed by atoms with E-state index in [1.54, 1.807) is 60.7 Å². The zero-order chi connectivity index (χ0) is 21.6. The van der Waals surface area contributed by atoms with Crippen molar-refractivity contribution in [2.75, 3.05) is 13.2 Å². The van der Waals surface area contributed by atoms with Crippen molar-refractivity contribution in [2.45, 2.75) is 39.5 Å². The Morgan fingerprint density at radius 2 is 0.931 bits per heavy atom. The Hall–Kier alpha value is -1.99. The summed E-state index contributed by atoms with van der Waals surface area (Å²) in [7, 11) is 0. The molecular formula is C22H32O6Ti. The van der Waals surface area contributed by atoms with Crippen LogP contribution in [0.15, 0.2) is 60.7 Å². The van der Waals surface area contributed by atoms with Crippen LogP contribution in [0.2, 0.25) is 0 Å². The molecule has 4 N–H and O–H groups in total. The molecule has 0 heterocycles. The van der Waals surface area contributed by atoms with Gasteiger partial charge < -0.3 is 20.4 Å². The fourth-order valence-electron chi connectivity index (χ4n) is 1.48. The van der Waals surface area contributed by atoms with E-state index in [1.807, 2.05) is 0 Å². The Morgan fingerprint density at radius 3 is 1.03 bits per heavy atom. The summed E-state index contributed by atoms with van der Waals surface area (Å²) < 4.78 is 0. The largest absolute Gasteiger partial charge is 0.478 e. The molecule has 0 amide bonds. The molecule has 0 fully saturated rings. The Balaban J connectivity index is -0.000000321. The normalized spacial score (nSPS) is 8.41. The SMILES string of the molecule is CCCCO.CCCCO.O=C(O)c1ccccc1.O=C(O)c1ccccc1.[Ti]. The van der Waals surface area contributed by atoms with Gasteiger partial charge in [-0.05, 0) is 37.1 Å². The monoisotopic (exact) mass is 440 g/mol. The van der Waals surface area contributed by atoms with Gasteiger partial charge in [0.05, 0.1) is 11.1 Å². The molecule has 0 atom stereocenters. The summed E-state index contributed by atoms with van der Waals surface area (Å²) in [6.07, 6.45) is 4.08. The summed E-state index contributed by atoms with van der Waals surface area (Å²) in [6, 6.07) is 16.6. The first kappa shape index (κ1) is 31.7. The van der Waals surface area contributed by atoms with E-state index in [4.69, 9.17) is 20.4 Å². The predicted molar refractivity (Wildman–Crippen MR) is 111 cm³/mol. The van der Waals surface area contributed by atoms with Gasteiger partial charge in [0.1, 0.15) is 0 Å². The second kappa shape index (κ2) is 24.1. The maximum atomic E-state index is 10.2. The van der Waals surface area contributed by atoms with Gasteiger partial charge in [0, 0.05) is 34.9 Å². The van der Waals surface area contributed by atoms with E-state index < -0.39 is 11.9 Å². The van der Waals surface area contributed by atoms with E-state index in [0.29, 0.717) is 24.3 Å². The summed E-state index contributed by atoms with van der Waals surface area (Å²) in [5, 5.41) is 32.9. The van der Waals surface area contributed by atoms with Crippen LogP contribution < -0.4 is 0 Å². The third kappa shape index (κ3) is 22.2. The van der Waals surface area contributed by atoms with Crippen molar-refractivity contribution >= 4 is 11.9 Å². The van der Waals surface area contributed by atoms with Gasteiger partial charge >= 0.3 is 11.9 Å². The minimum atomic E-state index is -0.879. The summed E-state index contributed by atoms with van der Waals surface area (Å²) in [5.74, 6) is -1.76. The number of carboxylic acids is 2. The molecule has 6 nitrogen and oxygen atoms in total. The van der Waals surface area contributed by atoms with Crippen LogP contribution in [0, 0.1) is 0 Å². The van der Waals surface area contributed by atoms with E-state index in [0.717, 1.165) is 25.7 Å². The average Bonchev–Trinajstić information content (AvgIpc) is 2.72. The molecule has 0 aliphatic carbocycles. The van der Waals surface area contributed by atoms with Crippen LogP contribution >= 0.6 is 0 Å². The first-order valence-corrected chi connectivity index (χ1v) is 9.22. The molecule has 29 heavy (non-hydrogen) atoms. The minimum Gasteiger partial charge on any atom is -0.478 e. The fraction of sp³-hybridized carbons (Fsp3) is 0.364. The first-order valence-electron chi connectivity index (χ1n) is 9.22. The topological polar surface area (TPSA) is 115 Å². The zero-order valence-corrected chi connectivity index (χ0v) is 18.7. The predicted octanol–water partition coefficient (Wildman–Crippen LogP) is 4.32. The van der Waals surface area contributed by atoms with Crippen molar-refractivity contribution in [3.63, 3.8) is 0 Å². The van der Waals surface area contributed by atoms with Crippen LogP contribution in [0.25, 0.3) is 0 Å². The quantitative estimate of drug-likeness (QED) is 0.497. The van der Waals surface area contributed by atoms with Crippen LogP contribution in [-0.2, 0) is 21.7 Å². The van der Waals surface area contributed by atoms with Crippen molar-refractivity contribution in [2.24, 2.45) is 0 Å². The molecule has 0 unspecified atom stereocenters. The molecule has 0 saturated carbocycles. The maximum absolute atomic E-state index is 10.2. The van der Waals surface area contributed by atoms with Gasteiger partial charge in [-0.3, -0.25) is 0 Å². The first-order chi connectivity index (χ1) is 13.4. The van der Waals surface area contributed by atoms with Gasteiger partial charge in [-0.15, -0.1) is 0 Å². The standard InChI is InChI=1S/2C7H6O2.2C4H10O.Ti/c2*8-7(9)6-4-2-1-3-5-6;2*1-2-3-4-5;/h2*1-5H,(H,8,9);2*5H,2-4H2,1H3;. The second-order valence-corrected chi connectivity index (χ2v) is 5.50. The molecule has 0 aliphatic heterocycles. The number of hydrogen-bond acceptors (Lipinski definition) is 4. The van der Waals surface area contributed by atoms with E-state index >= 15 is 0 Å². The summed E-state index contributed by atoms with van der Waals surface area (Å²) in [4.78, 5) is 20.4. The molecular weight excluding hydrogens is 408 g/mol. The molecule has 0 spiro atoms. The van der Waals surface area contributed by atoms with Gasteiger partial charge in [-0.25, -0.2) is 9.59 Å². The molecule has 2 rings (SSSR count). The number of aliphatic hydroxyl groups is 2. The molecule has 0 saturated heterocycles. The fourth-order valence-corrected chi connectivity index (χ4v) is 1.48. The number of rotatable bonds is 6. The van der Waals surface area contributed by atoms with Crippen LogP contribution in [0.4, 0.5) is 0 Å². The Morgan fingerprint density at radius 1 is 0.655 bits per heavy atom. The number of carboxylic acid groups (broad SMARTS) is 2. The Labute approximate surface area is 188 Å². The van der Waals surface area contributed by atoms with Crippen molar-refractivity contribution < 1.29 is 51.7 Å². The van der Waals surface area contributed by atoms with Crippen molar-refractivity contribution in [1.82, 2.24) is 0 Å². The molecule has 7 heteroatoms. The third-order valence-corrected chi connectivity index (χ3v) is 3.06. The molecule has 2 aromatic rings. The molecule has 0 aliphatic rings. The molecule has 160 valence electrons.